The van der Waals surface area contributed by atoms with E-state index in [0.717, 1.165) is 22.2 Å². The van der Waals surface area contributed by atoms with Crippen LogP contribution in [0.15, 0.2) is 53.7 Å². The van der Waals surface area contributed by atoms with Crippen LogP contribution in [-0.4, -0.2) is 14.2 Å². The number of pyridine rings is 2. The molecule has 0 amide bonds. The fraction of sp³-hybridized carbons (Fsp3) is 0.125. The molecule has 0 spiro atoms. The highest BCUT2D eigenvalue weighted by molar-refractivity contribution is 7.84. The summed E-state index contributed by atoms with van der Waals surface area (Å²) in [7, 11) is -1.27. The lowest BCUT2D eigenvalue weighted by molar-refractivity contribution is 0.680. The van der Waals surface area contributed by atoms with E-state index in [1.807, 2.05) is 37.3 Å². The van der Waals surface area contributed by atoms with Crippen LogP contribution in [0.25, 0.3) is 10.9 Å². The van der Waals surface area contributed by atoms with E-state index in [0.29, 0.717) is 16.5 Å². The molecule has 0 aliphatic rings. The molecule has 0 radical (unpaired) electrons. The van der Waals surface area contributed by atoms with Crippen molar-refractivity contribution < 1.29 is 4.21 Å². The highest BCUT2D eigenvalue weighted by Crippen LogP contribution is 2.22. The number of anilines is 1. The summed E-state index contributed by atoms with van der Waals surface area (Å²) >= 11 is 0. The molecule has 2 heterocycles. The predicted molar refractivity (Wildman–Crippen MR) is 85.2 cm³/mol. The number of aromatic nitrogens is 2. The Bertz CT molecular complexity index is 833. The number of fused-ring (bicyclic) bond motifs is 1. The lowest BCUT2D eigenvalue weighted by Gasteiger charge is -2.08. The average Bonchev–Trinajstić information content (AvgIpc) is 2.47. The molecule has 21 heavy (non-hydrogen) atoms. The fourth-order valence-electron chi connectivity index (χ4n) is 2.32. The van der Waals surface area contributed by atoms with Crippen molar-refractivity contribution in [3.8, 4) is 0 Å². The zero-order valence-electron chi connectivity index (χ0n) is 11.6. The van der Waals surface area contributed by atoms with E-state index in [1.54, 1.807) is 18.3 Å². The third-order valence-corrected chi connectivity index (χ3v) is 4.58. The molecule has 0 aliphatic carbocycles. The summed E-state index contributed by atoms with van der Waals surface area (Å²) in [5.41, 5.74) is 9.14. The van der Waals surface area contributed by atoms with Crippen molar-refractivity contribution in [3.63, 3.8) is 0 Å². The summed E-state index contributed by atoms with van der Waals surface area (Å²) in [5, 5.41) is 1.46. The van der Waals surface area contributed by atoms with E-state index >= 15 is 0 Å². The minimum absolute atomic E-state index is 0.380. The van der Waals surface area contributed by atoms with Gasteiger partial charge in [0.1, 0.15) is 5.03 Å². The molecule has 0 fully saturated rings. The lowest BCUT2D eigenvalue weighted by atomic mass is 10.1. The molecule has 0 saturated carbocycles. The molecule has 0 aliphatic heterocycles. The van der Waals surface area contributed by atoms with Gasteiger partial charge in [-0.15, -0.1) is 0 Å². The van der Waals surface area contributed by atoms with Gasteiger partial charge < -0.3 is 5.73 Å². The summed E-state index contributed by atoms with van der Waals surface area (Å²) < 4.78 is 12.5. The van der Waals surface area contributed by atoms with Gasteiger partial charge in [-0.1, -0.05) is 18.2 Å². The maximum atomic E-state index is 12.5. The Morgan fingerprint density at radius 1 is 1.19 bits per heavy atom. The van der Waals surface area contributed by atoms with Crippen molar-refractivity contribution in [2.75, 3.05) is 5.73 Å². The third-order valence-electron chi connectivity index (χ3n) is 3.23. The fourth-order valence-corrected chi connectivity index (χ4v) is 3.48. The molecular formula is C16H15N3OS. The lowest BCUT2D eigenvalue weighted by Crippen LogP contribution is -2.04. The molecule has 1 atom stereocenters. The molecule has 0 saturated heterocycles. The summed E-state index contributed by atoms with van der Waals surface area (Å²) in [6.07, 6.45) is 1.61. The SMILES string of the molecule is Cc1cc(CS(=O)c2ncccc2N)c2ccccc2n1. The number of aryl methyl sites for hydroxylation is 1. The first-order valence-electron chi connectivity index (χ1n) is 6.59. The number of para-hydroxylation sites is 1. The molecule has 3 rings (SSSR count). The maximum Gasteiger partial charge on any atom is 0.150 e. The largest absolute Gasteiger partial charge is 0.396 e. The normalized spacial score (nSPS) is 12.4. The van der Waals surface area contributed by atoms with Crippen molar-refractivity contribution in [2.24, 2.45) is 0 Å². The molecule has 5 heteroatoms. The third kappa shape index (κ3) is 2.78. The van der Waals surface area contributed by atoms with Gasteiger partial charge in [-0.3, -0.25) is 9.19 Å². The van der Waals surface area contributed by atoms with Gasteiger partial charge in [-0.25, -0.2) is 4.98 Å². The molecule has 4 nitrogen and oxygen atoms in total. The topological polar surface area (TPSA) is 68.9 Å². The van der Waals surface area contributed by atoms with Crippen LogP contribution < -0.4 is 5.73 Å². The van der Waals surface area contributed by atoms with Crippen molar-refractivity contribution in [2.45, 2.75) is 17.7 Å². The first-order chi connectivity index (χ1) is 10.1. The first-order valence-corrected chi connectivity index (χ1v) is 7.91. The highest BCUT2D eigenvalue weighted by Gasteiger charge is 2.12. The van der Waals surface area contributed by atoms with Gasteiger partial charge in [0.2, 0.25) is 0 Å². The van der Waals surface area contributed by atoms with Gasteiger partial charge in [0.25, 0.3) is 0 Å². The molecule has 1 unspecified atom stereocenters. The average molecular weight is 297 g/mol. The minimum atomic E-state index is -1.27. The van der Waals surface area contributed by atoms with E-state index < -0.39 is 10.8 Å². The van der Waals surface area contributed by atoms with Gasteiger partial charge in [-0.05, 0) is 36.8 Å². The Morgan fingerprint density at radius 2 is 2.00 bits per heavy atom. The van der Waals surface area contributed by atoms with Crippen molar-refractivity contribution in [1.29, 1.82) is 0 Å². The van der Waals surface area contributed by atoms with E-state index in [9.17, 15) is 4.21 Å². The first kappa shape index (κ1) is 13.7. The second-order valence-corrected chi connectivity index (χ2v) is 6.19. The van der Waals surface area contributed by atoms with Crippen LogP contribution in [-0.2, 0) is 16.6 Å². The Hall–Kier alpha value is -2.27. The number of nitrogen functional groups attached to an aromatic ring is 1. The minimum Gasteiger partial charge on any atom is -0.396 e. The van der Waals surface area contributed by atoms with Crippen molar-refractivity contribution in [1.82, 2.24) is 9.97 Å². The van der Waals surface area contributed by atoms with E-state index in [1.165, 1.54) is 0 Å². The summed E-state index contributed by atoms with van der Waals surface area (Å²) in [6, 6.07) is 13.3. The summed E-state index contributed by atoms with van der Waals surface area (Å²) in [6.45, 7) is 1.94. The van der Waals surface area contributed by atoms with Crippen LogP contribution in [0.1, 0.15) is 11.3 Å². The second kappa shape index (κ2) is 5.61. The number of hydrogen-bond acceptors (Lipinski definition) is 4. The van der Waals surface area contributed by atoms with Gasteiger partial charge in [0, 0.05) is 17.3 Å². The Labute approximate surface area is 125 Å². The monoisotopic (exact) mass is 297 g/mol. The smallest absolute Gasteiger partial charge is 0.150 e. The number of hydrogen-bond donors (Lipinski definition) is 1. The molecule has 2 N–H and O–H groups in total. The van der Waals surface area contributed by atoms with E-state index in [-0.39, 0.29) is 0 Å². The molecule has 3 aromatic rings. The number of benzene rings is 1. The molecular weight excluding hydrogens is 282 g/mol. The van der Waals surface area contributed by atoms with Crippen LogP contribution in [0.4, 0.5) is 5.69 Å². The zero-order chi connectivity index (χ0) is 14.8. The quantitative estimate of drug-likeness (QED) is 0.807. The van der Waals surface area contributed by atoms with Crippen molar-refractivity contribution in [3.05, 3.63) is 59.9 Å². The second-order valence-electron chi connectivity index (χ2n) is 4.83. The Kier molecular flexibility index (Phi) is 3.66. The maximum absolute atomic E-state index is 12.5. The summed E-state index contributed by atoms with van der Waals surface area (Å²) in [5.74, 6) is 0.380. The van der Waals surface area contributed by atoms with Gasteiger partial charge in [0.05, 0.1) is 27.8 Å². The van der Waals surface area contributed by atoms with Gasteiger partial charge in [0.15, 0.2) is 0 Å². The number of nitrogens with two attached hydrogens (primary N) is 1. The van der Waals surface area contributed by atoms with Crippen molar-refractivity contribution >= 4 is 27.4 Å². The molecule has 2 aromatic heterocycles. The van der Waals surface area contributed by atoms with Gasteiger partial charge in [-0.2, -0.15) is 0 Å². The predicted octanol–water partition coefficient (Wildman–Crippen LogP) is 2.83. The Morgan fingerprint density at radius 3 is 2.81 bits per heavy atom. The Balaban J connectivity index is 2.02. The van der Waals surface area contributed by atoms with Crippen LogP contribution in [0, 0.1) is 6.92 Å². The number of nitrogens with zero attached hydrogens (tertiary/aromatic N) is 2. The standard InChI is InChI=1S/C16H15N3OS/c1-11-9-12(13-5-2-3-7-15(13)19-11)10-21(20)16-14(17)6-4-8-18-16/h2-9H,10,17H2,1H3. The summed E-state index contributed by atoms with van der Waals surface area (Å²) in [4.78, 5) is 8.63. The molecule has 0 bridgehead atoms. The zero-order valence-corrected chi connectivity index (χ0v) is 12.4. The van der Waals surface area contributed by atoms with E-state index in [4.69, 9.17) is 5.73 Å². The van der Waals surface area contributed by atoms with Crippen LogP contribution in [0.2, 0.25) is 0 Å². The van der Waals surface area contributed by atoms with Gasteiger partial charge >= 0.3 is 0 Å². The van der Waals surface area contributed by atoms with E-state index in [2.05, 4.69) is 9.97 Å². The molecule has 106 valence electrons. The molecule has 1 aromatic carbocycles. The number of rotatable bonds is 3. The van der Waals surface area contributed by atoms with Crippen LogP contribution in [0.5, 0.6) is 0 Å². The van der Waals surface area contributed by atoms with Crippen LogP contribution in [0.3, 0.4) is 0 Å². The van der Waals surface area contributed by atoms with Crippen LogP contribution >= 0.6 is 0 Å². The highest BCUT2D eigenvalue weighted by atomic mass is 32.2.